The Morgan fingerprint density at radius 3 is 2.75 bits per heavy atom. The smallest absolute Gasteiger partial charge is 0.225 e. The largest absolute Gasteiger partial charge is 0.340 e. The van der Waals surface area contributed by atoms with Gasteiger partial charge in [-0.1, -0.05) is 6.92 Å². The van der Waals surface area contributed by atoms with Gasteiger partial charge in [-0.05, 0) is 43.0 Å². The Labute approximate surface area is 139 Å². The van der Waals surface area contributed by atoms with E-state index >= 15 is 0 Å². The molecular weight excluding hydrogens is 312 g/mol. The van der Waals surface area contributed by atoms with E-state index in [9.17, 15) is 13.6 Å². The van der Waals surface area contributed by atoms with Crippen LogP contribution in [0.3, 0.4) is 0 Å². The summed E-state index contributed by atoms with van der Waals surface area (Å²) in [4.78, 5) is 23.2. The minimum Gasteiger partial charge on any atom is -0.340 e. The first-order valence-electron chi connectivity index (χ1n) is 8.13. The quantitative estimate of drug-likeness (QED) is 0.806. The number of benzene rings is 1. The number of nitrogens with zero attached hydrogens (tertiary/aromatic N) is 3. The van der Waals surface area contributed by atoms with E-state index in [0.717, 1.165) is 43.1 Å². The second-order valence-corrected chi connectivity index (χ2v) is 6.02. The van der Waals surface area contributed by atoms with Gasteiger partial charge in [-0.25, -0.2) is 18.7 Å². The monoisotopic (exact) mass is 331 g/mol. The van der Waals surface area contributed by atoms with E-state index in [0.29, 0.717) is 18.9 Å². The van der Waals surface area contributed by atoms with E-state index in [2.05, 4.69) is 9.97 Å². The van der Waals surface area contributed by atoms with Crippen LogP contribution in [-0.2, 0) is 6.42 Å². The Hall–Kier alpha value is -2.37. The molecule has 1 fully saturated rings. The van der Waals surface area contributed by atoms with Gasteiger partial charge in [-0.2, -0.15) is 0 Å². The molecule has 1 aromatic carbocycles. The van der Waals surface area contributed by atoms with Crippen LogP contribution in [-0.4, -0.2) is 28.8 Å². The van der Waals surface area contributed by atoms with Crippen molar-refractivity contribution in [3.63, 3.8) is 0 Å². The summed E-state index contributed by atoms with van der Waals surface area (Å²) in [6.45, 7) is 3.20. The average molecular weight is 331 g/mol. The number of carbonyl (C=O) groups excluding carboxylic acids is 1. The van der Waals surface area contributed by atoms with Gasteiger partial charge in [0.15, 0.2) is 5.78 Å². The van der Waals surface area contributed by atoms with Crippen LogP contribution < -0.4 is 4.90 Å². The number of rotatable bonds is 4. The number of halogens is 2. The van der Waals surface area contributed by atoms with Crippen molar-refractivity contribution in [2.24, 2.45) is 5.92 Å². The lowest BCUT2D eigenvalue weighted by Crippen LogP contribution is -2.40. The molecule has 24 heavy (non-hydrogen) atoms. The minimum atomic E-state index is -0.679. The van der Waals surface area contributed by atoms with E-state index in [1.54, 1.807) is 12.4 Å². The van der Waals surface area contributed by atoms with Gasteiger partial charge in [0.05, 0.1) is 5.56 Å². The van der Waals surface area contributed by atoms with Crippen LogP contribution in [0.25, 0.3) is 0 Å². The van der Waals surface area contributed by atoms with Crippen molar-refractivity contribution in [2.75, 3.05) is 18.0 Å². The number of Topliss-reactive ketones (excluding diaryl/α,β-unsaturated/α-hetero) is 1. The Balaban J connectivity index is 1.77. The highest BCUT2D eigenvalue weighted by Gasteiger charge is 2.29. The number of ketones is 1. The summed E-state index contributed by atoms with van der Waals surface area (Å²) in [6, 6.07) is 2.99. The molecule has 2 heterocycles. The third-order valence-electron chi connectivity index (χ3n) is 4.37. The maximum atomic E-state index is 13.9. The molecule has 1 aliphatic heterocycles. The molecule has 0 aliphatic carbocycles. The molecule has 0 N–H and O–H groups in total. The van der Waals surface area contributed by atoms with Gasteiger partial charge in [-0.15, -0.1) is 0 Å². The molecule has 0 radical (unpaired) electrons. The minimum absolute atomic E-state index is 0.177. The van der Waals surface area contributed by atoms with Crippen LogP contribution >= 0.6 is 0 Å². The number of aromatic nitrogens is 2. The highest BCUT2D eigenvalue weighted by atomic mass is 19.1. The number of anilines is 1. The van der Waals surface area contributed by atoms with Crippen LogP contribution in [0.15, 0.2) is 30.6 Å². The van der Waals surface area contributed by atoms with E-state index in [-0.39, 0.29) is 17.3 Å². The van der Waals surface area contributed by atoms with Crippen LogP contribution in [0.5, 0.6) is 0 Å². The fourth-order valence-corrected chi connectivity index (χ4v) is 2.97. The molecule has 1 saturated heterocycles. The molecule has 6 heteroatoms. The highest BCUT2D eigenvalue weighted by Crippen LogP contribution is 2.25. The Bertz CT molecular complexity index is 734. The lowest BCUT2D eigenvalue weighted by molar-refractivity contribution is 0.0902. The zero-order chi connectivity index (χ0) is 17.1. The molecule has 3 rings (SSSR count). The standard InChI is InChI=1S/C18H19F2N3O/c1-2-12-9-21-18(22-10-12)23-7-3-4-13(11-23)17(24)15-8-14(19)5-6-16(15)20/h5-6,8-10,13H,2-4,7,11H2,1H3/t13-/m0/s1. The maximum Gasteiger partial charge on any atom is 0.225 e. The summed E-state index contributed by atoms with van der Waals surface area (Å²) in [5, 5.41) is 0. The van der Waals surface area contributed by atoms with Crippen molar-refractivity contribution in [1.82, 2.24) is 9.97 Å². The van der Waals surface area contributed by atoms with E-state index < -0.39 is 11.6 Å². The molecule has 0 spiro atoms. The van der Waals surface area contributed by atoms with Crippen molar-refractivity contribution in [2.45, 2.75) is 26.2 Å². The van der Waals surface area contributed by atoms with Crippen molar-refractivity contribution >= 4 is 11.7 Å². The maximum absolute atomic E-state index is 13.9. The second-order valence-electron chi connectivity index (χ2n) is 6.02. The van der Waals surface area contributed by atoms with Gasteiger partial charge in [0, 0.05) is 31.4 Å². The van der Waals surface area contributed by atoms with Gasteiger partial charge in [0.25, 0.3) is 0 Å². The molecule has 0 amide bonds. The molecule has 126 valence electrons. The zero-order valence-electron chi connectivity index (χ0n) is 13.5. The van der Waals surface area contributed by atoms with Crippen LogP contribution in [0.1, 0.15) is 35.7 Å². The lowest BCUT2D eigenvalue weighted by Gasteiger charge is -2.32. The number of piperidine rings is 1. The summed E-state index contributed by atoms with van der Waals surface area (Å²) in [5.41, 5.74) is 0.870. The van der Waals surface area contributed by atoms with Gasteiger partial charge in [-0.3, -0.25) is 4.79 Å². The first-order valence-corrected chi connectivity index (χ1v) is 8.13. The molecular formula is C18H19F2N3O. The Morgan fingerprint density at radius 1 is 1.29 bits per heavy atom. The topological polar surface area (TPSA) is 46.1 Å². The average Bonchev–Trinajstić information content (AvgIpc) is 2.63. The van der Waals surface area contributed by atoms with Crippen molar-refractivity contribution < 1.29 is 13.6 Å². The predicted octanol–water partition coefficient (Wildman–Crippen LogP) is 3.42. The zero-order valence-corrected chi connectivity index (χ0v) is 13.5. The van der Waals surface area contributed by atoms with Gasteiger partial charge >= 0.3 is 0 Å². The predicted molar refractivity (Wildman–Crippen MR) is 87.0 cm³/mol. The number of aryl methyl sites for hydroxylation is 1. The summed E-state index contributed by atoms with van der Waals surface area (Å²) in [6.07, 6.45) is 5.85. The van der Waals surface area contributed by atoms with Crippen molar-refractivity contribution in [1.29, 1.82) is 0 Å². The van der Waals surface area contributed by atoms with Gasteiger partial charge in [0.1, 0.15) is 11.6 Å². The normalized spacial score (nSPS) is 17.8. The highest BCUT2D eigenvalue weighted by molar-refractivity contribution is 5.98. The van der Waals surface area contributed by atoms with Crippen LogP contribution in [0.2, 0.25) is 0 Å². The number of hydrogen-bond acceptors (Lipinski definition) is 4. The van der Waals surface area contributed by atoms with Crippen LogP contribution in [0, 0.1) is 17.6 Å². The molecule has 4 nitrogen and oxygen atoms in total. The fourth-order valence-electron chi connectivity index (χ4n) is 2.97. The molecule has 2 aromatic rings. The number of carbonyl (C=O) groups is 1. The molecule has 0 unspecified atom stereocenters. The van der Waals surface area contributed by atoms with Gasteiger partial charge in [0.2, 0.25) is 5.95 Å². The fraction of sp³-hybridized carbons (Fsp3) is 0.389. The Kier molecular flexibility index (Phi) is 4.83. The molecule has 1 atom stereocenters. The molecule has 1 aromatic heterocycles. The third-order valence-corrected chi connectivity index (χ3v) is 4.37. The van der Waals surface area contributed by atoms with E-state index in [4.69, 9.17) is 0 Å². The second kappa shape index (κ2) is 7.03. The number of hydrogen-bond donors (Lipinski definition) is 0. The summed E-state index contributed by atoms with van der Waals surface area (Å²) < 4.78 is 27.2. The van der Waals surface area contributed by atoms with E-state index in [1.165, 1.54) is 0 Å². The summed E-state index contributed by atoms with van der Waals surface area (Å²) in [7, 11) is 0. The first-order chi connectivity index (χ1) is 11.6. The van der Waals surface area contributed by atoms with Crippen molar-refractivity contribution in [3.8, 4) is 0 Å². The summed E-state index contributed by atoms with van der Waals surface area (Å²) >= 11 is 0. The van der Waals surface area contributed by atoms with Crippen molar-refractivity contribution in [3.05, 3.63) is 53.4 Å². The SMILES string of the molecule is CCc1cnc(N2CCC[C@H](C(=O)c3cc(F)ccc3F)C2)nc1. The van der Waals surface area contributed by atoms with E-state index in [1.807, 2.05) is 11.8 Å². The van der Waals surface area contributed by atoms with Gasteiger partial charge < -0.3 is 4.90 Å². The third kappa shape index (κ3) is 3.42. The summed E-state index contributed by atoms with van der Waals surface area (Å²) in [5.74, 6) is -1.45. The molecule has 0 saturated carbocycles. The first kappa shape index (κ1) is 16.5. The molecule has 1 aliphatic rings. The van der Waals surface area contributed by atoms with Crippen LogP contribution in [0.4, 0.5) is 14.7 Å². The Morgan fingerprint density at radius 2 is 2.04 bits per heavy atom. The lowest BCUT2D eigenvalue weighted by atomic mass is 9.90. The molecule has 0 bridgehead atoms.